The fourth-order valence-electron chi connectivity index (χ4n) is 2.97. The number of carbonyl (C=O) groups excluding carboxylic acids is 2. The first-order chi connectivity index (χ1) is 13.2. The predicted octanol–water partition coefficient (Wildman–Crippen LogP) is 4.04. The highest BCUT2D eigenvalue weighted by Gasteiger charge is 2.16. The zero-order valence-electron chi connectivity index (χ0n) is 15.1. The Morgan fingerprint density at radius 3 is 1.74 bits per heavy atom. The molecule has 27 heavy (non-hydrogen) atoms. The van der Waals surface area contributed by atoms with Gasteiger partial charge in [0.25, 0.3) is 5.91 Å². The average Bonchev–Trinajstić information content (AvgIpc) is 2.75. The SMILES string of the molecule is COC(=O)c1ccc(C(=O)NCC(c2ccccc2)c2ccccc2)cc1. The number of rotatable bonds is 6. The van der Waals surface area contributed by atoms with Crippen molar-refractivity contribution in [3.63, 3.8) is 0 Å². The molecule has 0 saturated heterocycles. The minimum atomic E-state index is -0.421. The van der Waals surface area contributed by atoms with E-state index in [0.29, 0.717) is 17.7 Å². The van der Waals surface area contributed by atoms with Crippen LogP contribution in [0.4, 0.5) is 0 Å². The van der Waals surface area contributed by atoms with Crippen LogP contribution in [0, 0.1) is 0 Å². The van der Waals surface area contributed by atoms with Crippen molar-refractivity contribution < 1.29 is 14.3 Å². The van der Waals surface area contributed by atoms with E-state index in [-0.39, 0.29) is 11.8 Å². The van der Waals surface area contributed by atoms with Crippen LogP contribution in [0.2, 0.25) is 0 Å². The Hall–Kier alpha value is -3.40. The summed E-state index contributed by atoms with van der Waals surface area (Å²) >= 11 is 0. The lowest BCUT2D eigenvalue weighted by Crippen LogP contribution is -2.29. The lowest BCUT2D eigenvalue weighted by Gasteiger charge is -2.19. The van der Waals surface area contributed by atoms with E-state index < -0.39 is 5.97 Å². The van der Waals surface area contributed by atoms with Gasteiger partial charge in [0, 0.05) is 18.0 Å². The van der Waals surface area contributed by atoms with E-state index in [9.17, 15) is 9.59 Å². The van der Waals surface area contributed by atoms with Crippen molar-refractivity contribution in [3.05, 3.63) is 107 Å². The molecule has 0 spiro atoms. The molecular formula is C23H21NO3. The molecule has 3 aromatic carbocycles. The lowest BCUT2D eigenvalue weighted by atomic mass is 9.91. The molecule has 1 N–H and O–H groups in total. The third-order valence-corrected chi connectivity index (χ3v) is 4.44. The average molecular weight is 359 g/mol. The van der Waals surface area contributed by atoms with Crippen molar-refractivity contribution in [3.8, 4) is 0 Å². The number of benzene rings is 3. The Bertz CT molecular complexity index is 850. The molecule has 0 heterocycles. The van der Waals surface area contributed by atoms with Crippen LogP contribution in [-0.4, -0.2) is 25.5 Å². The summed E-state index contributed by atoms with van der Waals surface area (Å²) in [6.07, 6.45) is 0. The van der Waals surface area contributed by atoms with Crippen molar-refractivity contribution in [2.24, 2.45) is 0 Å². The van der Waals surface area contributed by atoms with Gasteiger partial charge in [-0.3, -0.25) is 4.79 Å². The monoisotopic (exact) mass is 359 g/mol. The molecule has 0 bridgehead atoms. The Balaban J connectivity index is 1.73. The Morgan fingerprint density at radius 1 is 0.778 bits per heavy atom. The topological polar surface area (TPSA) is 55.4 Å². The van der Waals surface area contributed by atoms with E-state index in [2.05, 4.69) is 34.3 Å². The van der Waals surface area contributed by atoms with Crippen LogP contribution in [0.25, 0.3) is 0 Å². The van der Waals surface area contributed by atoms with E-state index in [1.54, 1.807) is 24.3 Å². The molecule has 0 aliphatic carbocycles. The highest BCUT2D eigenvalue weighted by atomic mass is 16.5. The van der Waals surface area contributed by atoms with Crippen LogP contribution in [0.5, 0.6) is 0 Å². The molecular weight excluding hydrogens is 338 g/mol. The van der Waals surface area contributed by atoms with Crippen LogP contribution in [-0.2, 0) is 4.74 Å². The standard InChI is InChI=1S/C23H21NO3/c1-27-23(26)20-14-12-19(13-15-20)22(25)24-16-21(17-8-4-2-5-9-17)18-10-6-3-7-11-18/h2-15,21H,16H2,1H3,(H,24,25). The van der Waals surface area contributed by atoms with E-state index in [1.165, 1.54) is 7.11 Å². The lowest BCUT2D eigenvalue weighted by molar-refractivity contribution is 0.0600. The molecule has 0 aliphatic rings. The smallest absolute Gasteiger partial charge is 0.337 e. The van der Waals surface area contributed by atoms with Crippen molar-refractivity contribution in [1.82, 2.24) is 5.32 Å². The second-order valence-electron chi connectivity index (χ2n) is 6.15. The maximum absolute atomic E-state index is 12.5. The van der Waals surface area contributed by atoms with Gasteiger partial charge in [-0.05, 0) is 35.4 Å². The van der Waals surface area contributed by atoms with Gasteiger partial charge in [0.05, 0.1) is 12.7 Å². The molecule has 0 radical (unpaired) electrons. The van der Waals surface area contributed by atoms with Crippen molar-refractivity contribution in [2.45, 2.75) is 5.92 Å². The molecule has 3 rings (SSSR count). The Morgan fingerprint density at radius 2 is 1.26 bits per heavy atom. The van der Waals surface area contributed by atoms with E-state index in [1.807, 2.05) is 36.4 Å². The third kappa shape index (κ3) is 4.61. The molecule has 0 fully saturated rings. The number of nitrogens with one attached hydrogen (secondary N) is 1. The summed E-state index contributed by atoms with van der Waals surface area (Å²) in [6.45, 7) is 0.478. The largest absolute Gasteiger partial charge is 0.465 e. The molecule has 4 nitrogen and oxygen atoms in total. The van der Waals surface area contributed by atoms with Gasteiger partial charge in [-0.15, -0.1) is 0 Å². The van der Waals surface area contributed by atoms with Crippen LogP contribution in [0.15, 0.2) is 84.9 Å². The number of hydrogen-bond acceptors (Lipinski definition) is 3. The normalized spacial score (nSPS) is 10.4. The van der Waals surface area contributed by atoms with Crippen LogP contribution in [0.1, 0.15) is 37.8 Å². The van der Waals surface area contributed by atoms with E-state index >= 15 is 0 Å². The summed E-state index contributed by atoms with van der Waals surface area (Å²) in [5, 5.41) is 3.00. The molecule has 0 aliphatic heterocycles. The number of amides is 1. The van der Waals surface area contributed by atoms with Crippen molar-refractivity contribution >= 4 is 11.9 Å². The number of esters is 1. The quantitative estimate of drug-likeness (QED) is 0.676. The molecule has 0 unspecified atom stereocenters. The predicted molar refractivity (Wildman–Crippen MR) is 105 cm³/mol. The van der Waals surface area contributed by atoms with Gasteiger partial charge >= 0.3 is 5.97 Å². The zero-order chi connectivity index (χ0) is 19.1. The van der Waals surface area contributed by atoms with Gasteiger partial charge in [-0.25, -0.2) is 4.79 Å². The zero-order valence-corrected chi connectivity index (χ0v) is 15.1. The summed E-state index contributed by atoms with van der Waals surface area (Å²) < 4.78 is 4.67. The second kappa shape index (κ2) is 8.81. The van der Waals surface area contributed by atoms with Gasteiger partial charge in [0.15, 0.2) is 0 Å². The first kappa shape index (κ1) is 18.4. The Kier molecular flexibility index (Phi) is 6.00. The first-order valence-electron chi connectivity index (χ1n) is 8.75. The second-order valence-corrected chi connectivity index (χ2v) is 6.15. The van der Waals surface area contributed by atoms with Gasteiger partial charge in [0.1, 0.15) is 0 Å². The van der Waals surface area contributed by atoms with Crippen molar-refractivity contribution in [2.75, 3.05) is 13.7 Å². The van der Waals surface area contributed by atoms with Crippen LogP contribution >= 0.6 is 0 Å². The first-order valence-corrected chi connectivity index (χ1v) is 8.75. The minimum absolute atomic E-state index is 0.0608. The highest BCUT2D eigenvalue weighted by Crippen LogP contribution is 2.23. The number of methoxy groups -OCH3 is 1. The highest BCUT2D eigenvalue weighted by molar-refractivity contribution is 5.96. The minimum Gasteiger partial charge on any atom is -0.465 e. The van der Waals surface area contributed by atoms with E-state index in [0.717, 1.165) is 11.1 Å². The van der Waals surface area contributed by atoms with Crippen LogP contribution in [0.3, 0.4) is 0 Å². The molecule has 0 saturated carbocycles. The maximum atomic E-state index is 12.5. The fourth-order valence-corrected chi connectivity index (χ4v) is 2.97. The molecule has 1 amide bonds. The molecule has 0 atom stereocenters. The summed E-state index contributed by atoms with van der Waals surface area (Å²) in [4.78, 5) is 24.0. The maximum Gasteiger partial charge on any atom is 0.337 e. The van der Waals surface area contributed by atoms with Gasteiger partial charge in [0.2, 0.25) is 0 Å². The summed E-state index contributed by atoms with van der Waals surface area (Å²) in [5.41, 5.74) is 3.21. The summed E-state index contributed by atoms with van der Waals surface area (Å²) in [7, 11) is 1.33. The van der Waals surface area contributed by atoms with E-state index in [4.69, 9.17) is 0 Å². The third-order valence-electron chi connectivity index (χ3n) is 4.44. The number of hydrogen-bond donors (Lipinski definition) is 1. The Labute approximate surface area is 158 Å². The van der Waals surface area contributed by atoms with Crippen molar-refractivity contribution in [1.29, 1.82) is 0 Å². The van der Waals surface area contributed by atoms with Gasteiger partial charge in [-0.2, -0.15) is 0 Å². The summed E-state index contributed by atoms with van der Waals surface area (Å²) in [6, 6.07) is 26.6. The molecule has 4 heteroatoms. The molecule has 0 aromatic heterocycles. The van der Waals surface area contributed by atoms with Gasteiger partial charge < -0.3 is 10.1 Å². The summed E-state index contributed by atoms with van der Waals surface area (Å²) in [5.74, 6) is -0.538. The van der Waals surface area contributed by atoms with Gasteiger partial charge in [-0.1, -0.05) is 60.7 Å². The number of ether oxygens (including phenoxy) is 1. The molecule has 136 valence electrons. The number of carbonyl (C=O) groups is 2. The van der Waals surface area contributed by atoms with Crippen LogP contribution < -0.4 is 5.32 Å². The molecule has 3 aromatic rings. The fraction of sp³-hybridized carbons (Fsp3) is 0.130.